The molecule has 0 aliphatic carbocycles. The summed E-state index contributed by atoms with van der Waals surface area (Å²) in [6.07, 6.45) is -2.18. The molecule has 2 unspecified atom stereocenters. The number of fused-ring (bicyclic) bond motifs is 1. The molecule has 2 aromatic carbocycles. The molecular weight excluding hydrogens is 527 g/mol. The van der Waals surface area contributed by atoms with E-state index in [2.05, 4.69) is 38.6 Å². The predicted octanol–water partition coefficient (Wildman–Crippen LogP) is 2.61. The summed E-state index contributed by atoms with van der Waals surface area (Å²) in [5.41, 5.74) is 3.75. The molecule has 0 bridgehead atoms. The molecule has 12 heteroatoms. The summed E-state index contributed by atoms with van der Waals surface area (Å²) in [7, 11) is 0. The van der Waals surface area contributed by atoms with Crippen molar-refractivity contribution in [3.8, 4) is 5.69 Å². The average Bonchev–Trinajstić information content (AvgIpc) is 3.41. The van der Waals surface area contributed by atoms with Crippen molar-refractivity contribution >= 4 is 38.9 Å². The van der Waals surface area contributed by atoms with E-state index in [4.69, 9.17) is 25.4 Å². The number of carbonyl (C=O) groups is 2. The third-order valence-corrected chi connectivity index (χ3v) is 5.52. The quantitative estimate of drug-likeness (QED) is 0.275. The summed E-state index contributed by atoms with van der Waals surface area (Å²) in [4.78, 5) is 24.3. The number of carboxylic acid groups (broad SMARTS) is 2. The van der Waals surface area contributed by atoms with Crippen LogP contribution in [0.25, 0.3) is 16.7 Å². The van der Waals surface area contributed by atoms with E-state index >= 15 is 0 Å². The summed E-state index contributed by atoms with van der Waals surface area (Å²) >= 11 is 3.50. The van der Waals surface area contributed by atoms with E-state index in [0.717, 1.165) is 33.6 Å². The van der Waals surface area contributed by atoms with Crippen LogP contribution in [0.5, 0.6) is 0 Å². The van der Waals surface area contributed by atoms with E-state index in [1.807, 2.05) is 24.3 Å². The molecule has 0 aliphatic rings. The molecule has 0 saturated heterocycles. The second-order valence-corrected chi connectivity index (χ2v) is 8.28. The van der Waals surface area contributed by atoms with Crippen molar-refractivity contribution in [1.82, 2.24) is 19.3 Å². The van der Waals surface area contributed by atoms with Crippen LogP contribution in [0.2, 0.25) is 0 Å². The van der Waals surface area contributed by atoms with E-state index in [1.54, 1.807) is 16.9 Å². The first-order valence-electron chi connectivity index (χ1n) is 10.4. The van der Waals surface area contributed by atoms with Crippen LogP contribution in [-0.4, -0.2) is 63.9 Å². The lowest BCUT2D eigenvalue weighted by atomic mass is 10.2. The molecule has 2 atom stereocenters. The molecule has 0 aliphatic heterocycles. The highest BCUT2D eigenvalue weighted by Gasteiger charge is 2.29. The minimum absolute atomic E-state index is 0.274. The van der Waals surface area contributed by atoms with Crippen molar-refractivity contribution in [2.24, 2.45) is 0 Å². The lowest BCUT2D eigenvalue weighted by Gasteiger charge is -2.09. The van der Waals surface area contributed by atoms with Gasteiger partial charge in [0.1, 0.15) is 11.6 Å². The lowest BCUT2D eigenvalue weighted by molar-refractivity contribution is -0.165. The molecule has 0 spiro atoms. The number of aliphatic carboxylic acids is 2. The molecule has 0 saturated carbocycles. The summed E-state index contributed by atoms with van der Waals surface area (Å²) in [6.45, 7) is 2.94. The maximum absolute atomic E-state index is 13.6. The van der Waals surface area contributed by atoms with Crippen LogP contribution in [0.3, 0.4) is 0 Å². The second kappa shape index (κ2) is 11.2. The fraction of sp³-hybridized carbons (Fsp3) is 0.217. The Bertz CT molecular complexity index is 1340. The highest BCUT2D eigenvalue weighted by atomic mass is 79.9. The normalized spacial score (nSPS) is 12.6. The number of carboxylic acids is 2. The number of aryl methyl sites for hydroxylation is 1. The van der Waals surface area contributed by atoms with Gasteiger partial charge in [0.15, 0.2) is 12.2 Å². The van der Waals surface area contributed by atoms with Crippen molar-refractivity contribution < 1.29 is 34.4 Å². The largest absolute Gasteiger partial charge is 0.479 e. The molecule has 35 heavy (non-hydrogen) atoms. The molecule has 0 amide bonds. The van der Waals surface area contributed by atoms with Crippen molar-refractivity contribution in [3.05, 3.63) is 76.5 Å². The van der Waals surface area contributed by atoms with Gasteiger partial charge in [0.25, 0.3) is 0 Å². The van der Waals surface area contributed by atoms with E-state index < -0.39 is 24.1 Å². The monoisotopic (exact) mass is 548 g/mol. The molecule has 0 radical (unpaired) electrons. The number of aliphatic hydroxyl groups excluding tert-OH is 2. The number of hydrogen-bond acceptors (Lipinski definition) is 6. The standard InChI is InChI=1S/C19H16BrFN4.C4H6O6/c1-2-24-18-7-6-13(20)10-17(18)23-19(24)12-16-8-9-22-25(16)15-5-3-4-14(21)11-15;5-1(3(7)8)2(6)4(9)10/h3-11H,2,12H2,1H3;1-2,5-6H,(H,7,8)(H,9,10). The molecule has 0 fully saturated rings. The first kappa shape index (κ1) is 26.0. The zero-order chi connectivity index (χ0) is 25.7. The molecule has 2 heterocycles. The van der Waals surface area contributed by atoms with Gasteiger partial charge < -0.3 is 25.0 Å². The smallest absolute Gasteiger partial charge is 0.335 e. The van der Waals surface area contributed by atoms with Gasteiger partial charge in [-0.15, -0.1) is 0 Å². The topological polar surface area (TPSA) is 151 Å². The fourth-order valence-corrected chi connectivity index (χ4v) is 3.73. The second-order valence-electron chi connectivity index (χ2n) is 7.36. The van der Waals surface area contributed by atoms with Crippen LogP contribution in [-0.2, 0) is 22.6 Å². The van der Waals surface area contributed by atoms with E-state index in [1.165, 1.54) is 12.1 Å². The van der Waals surface area contributed by atoms with Gasteiger partial charge in [0, 0.05) is 23.6 Å². The summed E-state index contributed by atoms with van der Waals surface area (Å²) in [6, 6.07) is 14.5. The van der Waals surface area contributed by atoms with Crippen LogP contribution in [0.1, 0.15) is 18.4 Å². The maximum atomic E-state index is 13.6. The van der Waals surface area contributed by atoms with Gasteiger partial charge in [-0.1, -0.05) is 22.0 Å². The van der Waals surface area contributed by atoms with Crippen molar-refractivity contribution in [1.29, 1.82) is 0 Å². The Morgan fingerprint density at radius 1 is 1.06 bits per heavy atom. The van der Waals surface area contributed by atoms with E-state index in [-0.39, 0.29) is 5.82 Å². The average molecular weight is 549 g/mol. The molecular formula is C23H22BrFN4O6. The van der Waals surface area contributed by atoms with Gasteiger partial charge in [-0.05, 0) is 49.4 Å². The molecule has 10 nitrogen and oxygen atoms in total. The Hall–Kier alpha value is -3.61. The Kier molecular flexibility index (Phi) is 8.33. The SMILES string of the molecule is CCn1c(Cc2ccnn2-c2cccc(F)c2)nc2cc(Br)ccc21.O=C(O)C(O)C(O)C(=O)O. The number of hydrogen-bond donors (Lipinski definition) is 4. The molecule has 4 aromatic rings. The number of imidazole rings is 1. The van der Waals surface area contributed by atoms with Gasteiger partial charge >= 0.3 is 11.9 Å². The maximum Gasteiger partial charge on any atom is 0.335 e. The van der Waals surface area contributed by atoms with Crippen molar-refractivity contribution in [3.63, 3.8) is 0 Å². The van der Waals surface area contributed by atoms with Crippen LogP contribution in [0.4, 0.5) is 4.39 Å². The zero-order valence-electron chi connectivity index (χ0n) is 18.4. The van der Waals surface area contributed by atoms with Crippen LogP contribution < -0.4 is 0 Å². The van der Waals surface area contributed by atoms with Crippen LogP contribution >= 0.6 is 15.9 Å². The minimum Gasteiger partial charge on any atom is -0.479 e. The van der Waals surface area contributed by atoms with Gasteiger partial charge in [-0.3, -0.25) is 0 Å². The first-order valence-corrected chi connectivity index (χ1v) is 11.2. The third-order valence-electron chi connectivity index (χ3n) is 5.02. The predicted molar refractivity (Wildman–Crippen MR) is 127 cm³/mol. The highest BCUT2D eigenvalue weighted by molar-refractivity contribution is 9.10. The summed E-state index contributed by atoms with van der Waals surface area (Å²) in [5.74, 6) is -2.84. The summed E-state index contributed by atoms with van der Waals surface area (Å²) in [5, 5.41) is 36.9. The fourth-order valence-electron chi connectivity index (χ4n) is 3.38. The Labute approximate surface area is 207 Å². The van der Waals surface area contributed by atoms with Crippen molar-refractivity contribution in [2.75, 3.05) is 0 Å². The Morgan fingerprint density at radius 3 is 2.34 bits per heavy atom. The van der Waals surface area contributed by atoms with Gasteiger partial charge in [-0.25, -0.2) is 23.6 Å². The van der Waals surface area contributed by atoms with Gasteiger partial charge in [0.05, 0.1) is 22.4 Å². The number of aliphatic hydroxyl groups is 2. The van der Waals surface area contributed by atoms with E-state index in [9.17, 15) is 14.0 Å². The number of nitrogens with zero attached hydrogens (tertiary/aromatic N) is 4. The Balaban J connectivity index is 0.000000292. The van der Waals surface area contributed by atoms with Gasteiger partial charge in [0.2, 0.25) is 0 Å². The van der Waals surface area contributed by atoms with Crippen molar-refractivity contribution in [2.45, 2.75) is 32.1 Å². The number of aromatic nitrogens is 4. The number of benzene rings is 2. The minimum atomic E-state index is -2.27. The van der Waals surface area contributed by atoms with E-state index in [0.29, 0.717) is 12.1 Å². The highest BCUT2D eigenvalue weighted by Crippen LogP contribution is 2.23. The number of rotatable bonds is 7. The zero-order valence-corrected chi connectivity index (χ0v) is 20.0. The Morgan fingerprint density at radius 2 is 1.74 bits per heavy atom. The third kappa shape index (κ3) is 6.10. The number of halogens is 2. The molecule has 184 valence electrons. The molecule has 2 aromatic heterocycles. The van der Waals surface area contributed by atoms with Gasteiger partial charge in [-0.2, -0.15) is 5.10 Å². The molecule has 4 rings (SSSR count). The summed E-state index contributed by atoms with van der Waals surface area (Å²) < 4.78 is 18.5. The van der Waals surface area contributed by atoms with Crippen LogP contribution in [0.15, 0.2) is 59.2 Å². The lowest BCUT2D eigenvalue weighted by Crippen LogP contribution is -2.39. The van der Waals surface area contributed by atoms with Crippen LogP contribution in [0, 0.1) is 5.82 Å². The first-order chi connectivity index (χ1) is 16.6. The molecule has 4 N–H and O–H groups in total.